The van der Waals surface area contributed by atoms with Crippen molar-refractivity contribution in [3.63, 3.8) is 0 Å². The number of thiazole rings is 1. The van der Waals surface area contributed by atoms with Gasteiger partial charge in [0.05, 0.1) is 35.3 Å². The largest absolute Gasteiger partial charge is 0.389 e. The van der Waals surface area contributed by atoms with E-state index >= 15 is 0 Å². The Morgan fingerprint density at radius 2 is 1.95 bits per heavy atom. The van der Waals surface area contributed by atoms with E-state index in [0.29, 0.717) is 22.6 Å². The van der Waals surface area contributed by atoms with Gasteiger partial charge in [0.15, 0.2) is 0 Å². The van der Waals surface area contributed by atoms with E-state index in [1.807, 2.05) is 0 Å². The first kappa shape index (κ1) is 26.4. The van der Waals surface area contributed by atoms with Crippen molar-refractivity contribution in [1.29, 1.82) is 0 Å². The molecule has 2 amide bonds. The Labute approximate surface area is 224 Å². The number of fused-ring (bicyclic) bond motifs is 1. The van der Waals surface area contributed by atoms with E-state index in [1.54, 1.807) is 23.0 Å². The molecule has 0 radical (unpaired) electrons. The van der Waals surface area contributed by atoms with Gasteiger partial charge in [-0.05, 0) is 29.8 Å². The van der Waals surface area contributed by atoms with Gasteiger partial charge in [-0.2, -0.15) is 13.2 Å². The van der Waals surface area contributed by atoms with Crippen molar-refractivity contribution in [2.75, 3.05) is 24.2 Å². The van der Waals surface area contributed by atoms with Gasteiger partial charge < -0.3 is 20.5 Å². The molecule has 13 heteroatoms. The molecule has 1 aliphatic heterocycles. The van der Waals surface area contributed by atoms with E-state index in [9.17, 15) is 27.2 Å². The number of amides is 2. The molecular weight excluding hydrogens is 536 g/mol. The van der Waals surface area contributed by atoms with Crippen LogP contribution in [0.4, 0.5) is 34.9 Å². The van der Waals surface area contributed by atoms with Crippen molar-refractivity contribution in [2.45, 2.75) is 24.9 Å². The molecule has 0 saturated carbocycles. The fourth-order valence-corrected chi connectivity index (χ4v) is 5.05. The molecule has 8 nitrogen and oxygen atoms in total. The van der Waals surface area contributed by atoms with Crippen molar-refractivity contribution in [3.8, 4) is 11.3 Å². The quantitative estimate of drug-likeness (QED) is 0.252. The molecule has 0 saturated heterocycles. The lowest BCUT2D eigenvalue weighted by atomic mass is 9.92. The highest BCUT2D eigenvalue weighted by Crippen LogP contribution is 2.44. The third kappa shape index (κ3) is 5.93. The number of anilines is 3. The van der Waals surface area contributed by atoms with Crippen LogP contribution in [0.5, 0.6) is 0 Å². The first-order valence-corrected chi connectivity index (χ1v) is 12.8. The number of carbonyl (C=O) groups is 2. The monoisotopic (exact) mass is 558 g/mol. The van der Waals surface area contributed by atoms with E-state index in [2.05, 4.69) is 25.6 Å². The van der Waals surface area contributed by atoms with E-state index in [1.165, 1.54) is 53.7 Å². The van der Waals surface area contributed by atoms with Gasteiger partial charge in [0.1, 0.15) is 17.5 Å². The molecule has 0 aliphatic carbocycles. The minimum absolute atomic E-state index is 0.0143. The molecule has 39 heavy (non-hydrogen) atoms. The topological polar surface area (TPSA) is 103 Å². The Kier molecular flexibility index (Phi) is 7.08. The molecule has 1 aromatic carbocycles. The van der Waals surface area contributed by atoms with Crippen LogP contribution < -0.4 is 10.6 Å². The number of rotatable bonds is 7. The summed E-state index contributed by atoms with van der Waals surface area (Å²) >= 11 is 1.31. The molecule has 1 atom stereocenters. The highest BCUT2D eigenvalue weighted by molar-refractivity contribution is 7.07. The normalized spacial score (nSPS) is 15.3. The highest BCUT2D eigenvalue weighted by Gasteiger charge is 2.41. The molecule has 3 N–H and O–H groups in total. The fourth-order valence-electron chi connectivity index (χ4n) is 4.56. The zero-order valence-corrected chi connectivity index (χ0v) is 21.3. The number of H-pyrrole nitrogens is 1. The average Bonchev–Trinajstić information content (AvgIpc) is 3.52. The average molecular weight is 559 g/mol. The number of likely N-dealkylation sites (N-methyl/N-ethyl adjacent to an activating group) is 1. The molecule has 3 aromatic heterocycles. The predicted molar refractivity (Wildman–Crippen MR) is 139 cm³/mol. The van der Waals surface area contributed by atoms with Gasteiger partial charge in [0.2, 0.25) is 5.91 Å². The van der Waals surface area contributed by atoms with Gasteiger partial charge in [-0.15, -0.1) is 11.3 Å². The molecular formula is C26H22F4N6O2S. The summed E-state index contributed by atoms with van der Waals surface area (Å²) in [5.74, 6) is -1.60. The lowest BCUT2D eigenvalue weighted by molar-refractivity contribution is -0.139. The minimum Gasteiger partial charge on any atom is -0.356 e. The summed E-state index contributed by atoms with van der Waals surface area (Å²) < 4.78 is 53.5. The number of benzene rings is 1. The zero-order chi connectivity index (χ0) is 27.7. The summed E-state index contributed by atoms with van der Waals surface area (Å²) in [5.41, 5.74) is 3.62. The van der Waals surface area contributed by atoms with Gasteiger partial charge in [-0.25, -0.2) is 14.4 Å². The lowest BCUT2D eigenvalue weighted by Gasteiger charge is -2.30. The maximum Gasteiger partial charge on any atom is 0.389 e. The van der Waals surface area contributed by atoms with Crippen molar-refractivity contribution in [2.24, 2.45) is 0 Å². The number of aromatic amines is 1. The summed E-state index contributed by atoms with van der Waals surface area (Å²) in [6.07, 6.45) is -4.11. The molecule has 5 rings (SSSR count). The van der Waals surface area contributed by atoms with Gasteiger partial charge >= 0.3 is 6.18 Å². The van der Waals surface area contributed by atoms with E-state index < -0.39 is 30.2 Å². The summed E-state index contributed by atoms with van der Waals surface area (Å²) in [4.78, 5) is 38.5. The smallest absolute Gasteiger partial charge is 0.356 e. The first-order chi connectivity index (χ1) is 18.6. The van der Waals surface area contributed by atoms with Crippen LogP contribution in [0.1, 0.15) is 34.0 Å². The van der Waals surface area contributed by atoms with E-state index in [0.717, 1.165) is 0 Å². The Bertz CT molecular complexity index is 1500. The third-order valence-corrected chi connectivity index (χ3v) is 6.84. The van der Waals surface area contributed by atoms with Crippen molar-refractivity contribution >= 4 is 40.5 Å². The predicted octanol–water partition coefficient (Wildman–Crippen LogP) is 5.72. The maximum absolute atomic E-state index is 13.4. The number of alkyl halides is 3. The van der Waals surface area contributed by atoms with Crippen LogP contribution in [0.2, 0.25) is 0 Å². The highest BCUT2D eigenvalue weighted by atomic mass is 32.1. The molecule has 202 valence electrons. The second-order valence-corrected chi connectivity index (χ2v) is 9.86. The van der Waals surface area contributed by atoms with Crippen LogP contribution in [-0.4, -0.2) is 51.4 Å². The lowest BCUT2D eigenvalue weighted by Crippen LogP contribution is -2.38. The van der Waals surface area contributed by atoms with E-state index in [-0.39, 0.29) is 41.6 Å². The van der Waals surface area contributed by atoms with Gasteiger partial charge in [-0.3, -0.25) is 9.59 Å². The number of hydrogen-bond acceptors (Lipinski definition) is 6. The minimum atomic E-state index is -4.43. The zero-order valence-electron chi connectivity index (χ0n) is 20.5. The molecule has 4 heterocycles. The fraction of sp³-hybridized carbons (Fsp3) is 0.231. The number of hydrogen-bond donors (Lipinski definition) is 3. The maximum atomic E-state index is 13.4. The Hall–Kier alpha value is -4.26. The standard InChI is InChI=1S/C26H22F4N6O2S/c1-36-11-16(10-26(28,29)30)22-21(25(36)38)24(34-19-12-39-13-32-19)23(35-22)15-6-7-31-18(9-15)33-20(37)8-14-2-4-17(27)5-3-14/h2-7,9,12-13,16,34-35H,8,10-11H2,1H3,(H,31,33,37). The van der Waals surface area contributed by atoms with Crippen LogP contribution >= 0.6 is 11.3 Å². The number of nitrogens with zero attached hydrogens (tertiary/aromatic N) is 3. The number of carbonyl (C=O) groups excluding carboxylic acids is 2. The van der Waals surface area contributed by atoms with Crippen LogP contribution in [0.3, 0.4) is 0 Å². The molecule has 0 bridgehead atoms. The second kappa shape index (κ2) is 10.5. The Morgan fingerprint density at radius 3 is 2.64 bits per heavy atom. The van der Waals surface area contributed by atoms with Crippen LogP contribution in [0.25, 0.3) is 11.3 Å². The molecule has 1 aliphatic rings. The summed E-state index contributed by atoms with van der Waals surface area (Å²) in [7, 11) is 1.47. The molecule has 0 spiro atoms. The molecule has 4 aromatic rings. The molecule has 1 unspecified atom stereocenters. The van der Waals surface area contributed by atoms with Crippen molar-refractivity contribution < 1.29 is 27.2 Å². The van der Waals surface area contributed by atoms with Crippen LogP contribution in [0.15, 0.2) is 53.5 Å². The number of pyridine rings is 1. The van der Waals surface area contributed by atoms with Gasteiger partial charge in [0, 0.05) is 42.3 Å². The van der Waals surface area contributed by atoms with Gasteiger partial charge in [-0.1, -0.05) is 12.1 Å². The molecule has 0 fully saturated rings. The van der Waals surface area contributed by atoms with E-state index in [4.69, 9.17) is 0 Å². The Balaban J connectivity index is 1.51. The SMILES string of the molecule is CN1CC(CC(F)(F)F)c2[nH]c(-c3ccnc(NC(=O)Cc4ccc(F)cc4)c3)c(Nc3cscn3)c2C1=O. The van der Waals surface area contributed by atoms with Crippen LogP contribution in [0, 0.1) is 5.82 Å². The number of halogens is 4. The van der Waals surface area contributed by atoms with Crippen molar-refractivity contribution in [1.82, 2.24) is 19.9 Å². The van der Waals surface area contributed by atoms with Crippen molar-refractivity contribution in [3.05, 3.63) is 76.1 Å². The summed E-state index contributed by atoms with van der Waals surface area (Å²) in [6.45, 7) is -0.0948. The first-order valence-electron chi connectivity index (χ1n) is 11.8. The van der Waals surface area contributed by atoms with Crippen LogP contribution in [-0.2, 0) is 11.2 Å². The number of aromatic nitrogens is 3. The third-order valence-electron chi connectivity index (χ3n) is 6.25. The summed E-state index contributed by atoms with van der Waals surface area (Å²) in [6, 6.07) is 8.70. The Morgan fingerprint density at radius 1 is 1.18 bits per heavy atom. The summed E-state index contributed by atoms with van der Waals surface area (Å²) in [5, 5.41) is 7.49. The van der Waals surface area contributed by atoms with Gasteiger partial charge in [0.25, 0.3) is 5.91 Å². The number of nitrogens with one attached hydrogen (secondary N) is 3. The second-order valence-electron chi connectivity index (χ2n) is 9.15.